The highest BCUT2D eigenvalue weighted by molar-refractivity contribution is 5.97. The van der Waals surface area contributed by atoms with Crippen LogP contribution in [0.1, 0.15) is 35.7 Å². The van der Waals surface area contributed by atoms with E-state index >= 15 is 0 Å². The third-order valence-corrected chi connectivity index (χ3v) is 4.28. The Bertz CT molecular complexity index is 652. The van der Waals surface area contributed by atoms with Crippen molar-refractivity contribution in [1.82, 2.24) is 10.6 Å². The topological polar surface area (TPSA) is 78.5 Å². The minimum atomic E-state index is -0.158. The van der Waals surface area contributed by atoms with Crippen LogP contribution in [0.2, 0.25) is 0 Å². The number of hydrogen-bond donors (Lipinski definition) is 2. The average Bonchev–Trinajstić information content (AvgIpc) is 3.29. The van der Waals surface area contributed by atoms with Crippen molar-refractivity contribution in [1.29, 1.82) is 0 Å². The molecule has 0 radical (unpaired) electrons. The van der Waals surface area contributed by atoms with Gasteiger partial charge in [0.25, 0.3) is 5.91 Å². The lowest BCUT2D eigenvalue weighted by Crippen LogP contribution is -2.35. The van der Waals surface area contributed by atoms with Crippen LogP contribution in [0.25, 0.3) is 0 Å². The molecule has 1 aromatic carbocycles. The largest absolute Gasteiger partial charge is 0.354 e. The first-order chi connectivity index (χ1) is 11.1. The van der Waals surface area contributed by atoms with Crippen molar-refractivity contribution in [3.63, 3.8) is 0 Å². The first kappa shape index (κ1) is 15.5. The number of hydrogen-bond acceptors (Lipinski definition) is 3. The molecule has 1 fully saturated rings. The lowest BCUT2D eigenvalue weighted by molar-refractivity contribution is -0.122. The van der Waals surface area contributed by atoms with E-state index in [1.54, 1.807) is 17.9 Å². The van der Waals surface area contributed by atoms with Gasteiger partial charge in [-0.3, -0.25) is 14.4 Å². The van der Waals surface area contributed by atoms with Gasteiger partial charge in [0.1, 0.15) is 0 Å². The van der Waals surface area contributed by atoms with Gasteiger partial charge in [-0.25, -0.2) is 0 Å². The lowest BCUT2D eigenvalue weighted by Gasteiger charge is -2.14. The Morgan fingerprint density at radius 1 is 1.17 bits per heavy atom. The van der Waals surface area contributed by atoms with Crippen molar-refractivity contribution in [2.75, 3.05) is 24.5 Å². The second-order valence-electron chi connectivity index (χ2n) is 6.09. The number of carbonyl (C=O) groups is 3. The molecule has 2 aliphatic rings. The highest BCUT2D eigenvalue weighted by Gasteiger charge is 2.29. The fraction of sp³-hybridized carbons (Fsp3) is 0.471. The molecule has 6 heteroatoms. The maximum absolute atomic E-state index is 12.1. The van der Waals surface area contributed by atoms with Crippen molar-refractivity contribution < 1.29 is 14.4 Å². The van der Waals surface area contributed by atoms with E-state index < -0.39 is 0 Å². The number of carbonyl (C=O) groups excluding carboxylic acids is 3. The Hall–Kier alpha value is -2.37. The maximum Gasteiger partial charge on any atom is 0.251 e. The summed E-state index contributed by atoms with van der Waals surface area (Å²) in [6, 6.07) is 5.40. The zero-order valence-electron chi connectivity index (χ0n) is 13.2. The molecule has 1 aliphatic heterocycles. The van der Waals surface area contributed by atoms with E-state index in [4.69, 9.17) is 0 Å². The van der Waals surface area contributed by atoms with Crippen LogP contribution in [0, 0.1) is 5.92 Å². The van der Waals surface area contributed by atoms with Crippen molar-refractivity contribution in [3.05, 3.63) is 29.3 Å². The molecule has 0 saturated heterocycles. The fourth-order valence-corrected chi connectivity index (χ4v) is 2.82. The van der Waals surface area contributed by atoms with Crippen LogP contribution in [0.3, 0.4) is 0 Å². The molecule has 1 aromatic rings. The van der Waals surface area contributed by atoms with E-state index in [1.165, 1.54) is 0 Å². The van der Waals surface area contributed by atoms with Gasteiger partial charge in [-0.1, -0.05) is 0 Å². The Balaban J connectivity index is 1.52. The zero-order valence-corrected chi connectivity index (χ0v) is 13.2. The summed E-state index contributed by atoms with van der Waals surface area (Å²) in [5.41, 5.74) is 2.50. The predicted octanol–water partition coefficient (Wildman–Crippen LogP) is 0.852. The summed E-state index contributed by atoms with van der Waals surface area (Å²) in [5.74, 6) is 0.134. The van der Waals surface area contributed by atoms with Crippen molar-refractivity contribution in [2.45, 2.75) is 26.2 Å². The standard InChI is InChI=1S/C17H21N3O3/c1-11(21)20-9-6-13-10-14(4-5-15(13)20)17(23)19-8-7-18-16(22)12-2-3-12/h4-5,10,12H,2-3,6-9H2,1H3,(H,18,22)(H,19,23). The molecule has 0 spiro atoms. The molecule has 3 rings (SSSR count). The van der Waals surface area contributed by atoms with Crippen molar-refractivity contribution in [2.24, 2.45) is 5.92 Å². The Kier molecular flexibility index (Phi) is 4.32. The SMILES string of the molecule is CC(=O)N1CCc2cc(C(=O)NCCNC(=O)C3CC3)ccc21. The quantitative estimate of drug-likeness (QED) is 0.791. The van der Waals surface area contributed by atoms with Gasteiger partial charge >= 0.3 is 0 Å². The molecule has 122 valence electrons. The van der Waals surface area contributed by atoms with Crippen LogP contribution < -0.4 is 15.5 Å². The first-order valence-electron chi connectivity index (χ1n) is 8.03. The predicted molar refractivity (Wildman–Crippen MR) is 86.2 cm³/mol. The van der Waals surface area contributed by atoms with E-state index in [1.807, 2.05) is 12.1 Å². The number of fused-ring (bicyclic) bond motifs is 1. The van der Waals surface area contributed by atoms with Crippen LogP contribution in [0.5, 0.6) is 0 Å². The van der Waals surface area contributed by atoms with Gasteiger partial charge in [-0.2, -0.15) is 0 Å². The minimum Gasteiger partial charge on any atom is -0.354 e. The van der Waals surface area contributed by atoms with Crippen LogP contribution in [0.4, 0.5) is 5.69 Å². The highest BCUT2D eigenvalue weighted by Crippen LogP contribution is 2.29. The maximum atomic E-state index is 12.1. The molecule has 1 saturated carbocycles. The van der Waals surface area contributed by atoms with Crippen LogP contribution in [-0.4, -0.2) is 37.4 Å². The highest BCUT2D eigenvalue weighted by atomic mass is 16.2. The first-order valence-corrected chi connectivity index (χ1v) is 8.03. The van der Waals surface area contributed by atoms with Gasteiger partial charge in [0.2, 0.25) is 11.8 Å². The number of nitrogens with one attached hydrogen (secondary N) is 2. The van der Waals surface area contributed by atoms with E-state index in [2.05, 4.69) is 10.6 Å². The lowest BCUT2D eigenvalue weighted by atomic mass is 10.1. The molecular formula is C17H21N3O3. The molecule has 0 unspecified atom stereocenters. The monoisotopic (exact) mass is 315 g/mol. The molecule has 2 N–H and O–H groups in total. The molecule has 0 atom stereocenters. The number of amides is 3. The Morgan fingerprint density at radius 2 is 1.91 bits per heavy atom. The number of anilines is 1. The average molecular weight is 315 g/mol. The van der Waals surface area contributed by atoms with E-state index in [0.29, 0.717) is 25.2 Å². The zero-order chi connectivity index (χ0) is 16.4. The van der Waals surface area contributed by atoms with Gasteiger partial charge in [-0.15, -0.1) is 0 Å². The van der Waals surface area contributed by atoms with E-state index in [-0.39, 0.29) is 23.6 Å². The number of rotatable bonds is 5. The summed E-state index contributed by atoms with van der Waals surface area (Å²) in [6.45, 7) is 3.08. The molecular weight excluding hydrogens is 294 g/mol. The van der Waals surface area contributed by atoms with Gasteiger partial charge in [0.15, 0.2) is 0 Å². The molecule has 0 bridgehead atoms. The number of benzene rings is 1. The van der Waals surface area contributed by atoms with Gasteiger partial charge in [-0.05, 0) is 43.0 Å². The molecule has 3 amide bonds. The second kappa shape index (κ2) is 6.40. The minimum absolute atomic E-state index is 0.0207. The number of nitrogens with zero attached hydrogens (tertiary/aromatic N) is 1. The third-order valence-electron chi connectivity index (χ3n) is 4.28. The molecule has 6 nitrogen and oxygen atoms in total. The fourth-order valence-electron chi connectivity index (χ4n) is 2.82. The molecule has 0 aromatic heterocycles. The third kappa shape index (κ3) is 3.52. The second-order valence-corrected chi connectivity index (χ2v) is 6.09. The summed E-state index contributed by atoms with van der Waals surface area (Å²) in [5, 5.41) is 5.62. The van der Waals surface area contributed by atoms with Crippen LogP contribution in [-0.2, 0) is 16.0 Å². The molecule has 1 aliphatic carbocycles. The molecule has 23 heavy (non-hydrogen) atoms. The normalized spacial score (nSPS) is 16.0. The van der Waals surface area contributed by atoms with Gasteiger partial charge in [0, 0.05) is 43.7 Å². The van der Waals surface area contributed by atoms with E-state index in [9.17, 15) is 14.4 Å². The molecule has 1 heterocycles. The smallest absolute Gasteiger partial charge is 0.251 e. The summed E-state index contributed by atoms with van der Waals surface area (Å²) in [6.07, 6.45) is 2.72. The van der Waals surface area contributed by atoms with Crippen LogP contribution in [0.15, 0.2) is 18.2 Å². The van der Waals surface area contributed by atoms with Gasteiger partial charge in [0.05, 0.1) is 0 Å². The van der Waals surface area contributed by atoms with E-state index in [0.717, 1.165) is 30.5 Å². The summed E-state index contributed by atoms with van der Waals surface area (Å²) < 4.78 is 0. The van der Waals surface area contributed by atoms with Crippen LogP contribution >= 0.6 is 0 Å². The summed E-state index contributed by atoms with van der Waals surface area (Å²) in [7, 11) is 0. The van der Waals surface area contributed by atoms with Crippen molar-refractivity contribution >= 4 is 23.4 Å². The van der Waals surface area contributed by atoms with Crippen molar-refractivity contribution in [3.8, 4) is 0 Å². The van der Waals surface area contributed by atoms with Gasteiger partial charge < -0.3 is 15.5 Å². The summed E-state index contributed by atoms with van der Waals surface area (Å²) in [4.78, 5) is 36.9. The Morgan fingerprint density at radius 3 is 2.61 bits per heavy atom. The summed E-state index contributed by atoms with van der Waals surface area (Å²) >= 11 is 0. The Labute approximate surface area is 135 Å².